The van der Waals surface area contributed by atoms with Crippen LogP contribution in [0.15, 0.2) is 70.0 Å². The number of amides is 2. The Labute approximate surface area is 229 Å². The molecule has 1 N–H and O–H groups in total. The summed E-state index contributed by atoms with van der Waals surface area (Å²) in [4.78, 5) is 27.7. The van der Waals surface area contributed by atoms with E-state index in [0.717, 1.165) is 39.0 Å². The van der Waals surface area contributed by atoms with Crippen molar-refractivity contribution in [1.29, 1.82) is 0 Å². The highest BCUT2D eigenvalue weighted by Crippen LogP contribution is 2.36. The molecule has 184 valence electrons. The summed E-state index contributed by atoms with van der Waals surface area (Å²) in [5, 5.41) is 2.92. The number of thiocarbonyl (C=S) groups is 1. The minimum atomic E-state index is -0.246. The Morgan fingerprint density at radius 1 is 1.11 bits per heavy atom. The van der Waals surface area contributed by atoms with Crippen molar-refractivity contribution in [2.24, 2.45) is 0 Å². The number of hydrogen-bond acceptors (Lipinski definition) is 5. The van der Waals surface area contributed by atoms with E-state index in [-0.39, 0.29) is 18.4 Å². The van der Waals surface area contributed by atoms with Crippen LogP contribution in [0.2, 0.25) is 0 Å². The van der Waals surface area contributed by atoms with E-state index in [1.165, 1.54) is 17.3 Å². The molecule has 8 heteroatoms. The first-order valence-corrected chi connectivity index (χ1v) is 13.4. The highest BCUT2D eigenvalue weighted by atomic mass is 79.9. The number of benzene rings is 3. The molecule has 5 nitrogen and oxygen atoms in total. The quantitative estimate of drug-likeness (QED) is 0.239. The van der Waals surface area contributed by atoms with Gasteiger partial charge in [-0.15, -0.1) is 0 Å². The highest BCUT2D eigenvalue weighted by Gasteiger charge is 2.33. The number of rotatable bonds is 7. The lowest BCUT2D eigenvalue weighted by Crippen LogP contribution is -2.27. The molecule has 0 spiro atoms. The fourth-order valence-corrected chi connectivity index (χ4v) is 5.83. The Balaban J connectivity index is 1.42. The van der Waals surface area contributed by atoms with Gasteiger partial charge in [0.1, 0.15) is 5.75 Å². The highest BCUT2D eigenvalue weighted by molar-refractivity contribution is 9.10. The fourth-order valence-electron chi connectivity index (χ4n) is 3.85. The summed E-state index contributed by atoms with van der Waals surface area (Å²) >= 11 is 10.2. The minimum absolute atomic E-state index is 0.131. The van der Waals surface area contributed by atoms with E-state index in [0.29, 0.717) is 15.0 Å². The van der Waals surface area contributed by atoms with E-state index < -0.39 is 0 Å². The molecular formula is C28H25BrN2O3S2. The topological polar surface area (TPSA) is 58.6 Å². The third-order valence-electron chi connectivity index (χ3n) is 5.68. The van der Waals surface area contributed by atoms with Gasteiger partial charge < -0.3 is 10.1 Å². The Kier molecular flexibility index (Phi) is 8.28. The predicted octanol–water partition coefficient (Wildman–Crippen LogP) is 7.05. The first-order valence-electron chi connectivity index (χ1n) is 11.4. The molecule has 3 aromatic rings. The summed E-state index contributed by atoms with van der Waals surface area (Å²) < 4.78 is 7.20. The molecule has 0 saturated carbocycles. The first-order chi connectivity index (χ1) is 17.2. The van der Waals surface area contributed by atoms with Crippen LogP contribution in [-0.2, 0) is 16.0 Å². The van der Waals surface area contributed by atoms with Gasteiger partial charge in [0, 0.05) is 10.2 Å². The number of nitrogens with one attached hydrogen (secondary N) is 1. The maximum absolute atomic E-state index is 13.1. The summed E-state index contributed by atoms with van der Waals surface area (Å²) in [5.74, 6) is 0.137. The first kappa shape index (κ1) is 26.1. The van der Waals surface area contributed by atoms with E-state index in [9.17, 15) is 9.59 Å². The van der Waals surface area contributed by atoms with Crippen LogP contribution in [0.5, 0.6) is 5.75 Å². The molecule has 1 fully saturated rings. The van der Waals surface area contributed by atoms with Crippen molar-refractivity contribution in [1.82, 2.24) is 0 Å². The van der Waals surface area contributed by atoms with E-state index in [1.807, 2.05) is 62.4 Å². The molecule has 1 aliphatic rings. The van der Waals surface area contributed by atoms with Gasteiger partial charge in [-0.05, 0) is 85.0 Å². The maximum Gasteiger partial charge on any atom is 0.270 e. The number of ether oxygens (including phenoxy) is 1. The average molecular weight is 582 g/mol. The molecule has 0 aromatic heterocycles. The lowest BCUT2D eigenvalue weighted by molar-refractivity contribution is -0.118. The van der Waals surface area contributed by atoms with Crippen LogP contribution in [0, 0.1) is 13.8 Å². The van der Waals surface area contributed by atoms with Gasteiger partial charge in [-0.2, -0.15) is 0 Å². The number of aryl methyl sites for hydroxylation is 3. The lowest BCUT2D eigenvalue weighted by Gasteiger charge is -2.14. The standard InChI is InChI=1S/C28H25BrN2O3S2/c1-4-19-8-10-22(11-9-19)31-27(33)24(36-28(31)35)15-20-6-5-7-23(14-20)34-16-25(32)30-26-17(2)12-21(29)13-18(26)3/h5-15H,4,16H2,1-3H3,(H,30,32)/b24-15-. The molecule has 1 heterocycles. The van der Waals surface area contributed by atoms with Crippen molar-refractivity contribution in [3.63, 3.8) is 0 Å². The van der Waals surface area contributed by atoms with Crippen LogP contribution in [0.25, 0.3) is 6.08 Å². The second-order valence-electron chi connectivity index (χ2n) is 8.36. The van der Waals surface area contributed by atoms with Crippen LogP contribution in [0.1, 0.15) is 29.2 Å². The van der Waals surface area contributed by atoms with Crippen molar-refractivity contribution >= 4 is 73.5 Å². The molecule has 1 aliphatic heterocycles. The summed E-state index contributed by atoms with van der Waals surface area (Å²) in [6.45, 7) is 5.85. The van der Waals surface area contributed by atoms with Crippen LogP contribution >= 0.6 is 39.9 Å². The van der Waals surface area contributed by atoms with E-state index in [4.69, 9.17) is 17.0 Å². The number of halogens is 1. The summed E-state index contributed by atoms with van der Waals surface area (Å²) in [6, 6.07) is 19.0. The molecule has 36 heavy (non-hydrogen) atoms. The third kappa shape index (κ3) is 6.06. The van der Waals surface area contributed by atoms with Gasteiger partial charge >= 0.3 is 0 Å². The summed E-state index contributed by atoms with van der Waals surface area (Å²) in [5.41, 5.74) is 5.47. The van der Waals surface area contributed by atoms with Crippen LogP contribution in [0.3, 0.4) is 0 Å². The van der Waals surface area contributed by atoms with Crippen molar-refractivity contribution in [3.05, 3.63) is 92.3 Å². The number of nitrogens with zero attached hydrogens (tertiary/aromatic N) is 1. The van der Waals surface area contributed by atoms with E-state index >= 15 is 0 Å². The molecule has 0 unspecified atom stereocenters. The Morgan fingerprint density at radius 2 is 1.81 bits per heavy atom. The summed E-state index contributed by atoms with van der Waals surface area (Å²) in [7, 11) is 0. The van der Waals surface area contributed by atoms with Crippen LogP contribution in [-0.4, -0.2) is 22.7 Å². The SMILES string of the molecule is CCc1ccc(N2C(=O)/C(=C/c3cccc(OCC(=O)Nc4c(C)cc(Br)cc4C)c3)SC2=S)cc1. The Morgan fingerprint density at radius 3 is 2.47 bits per heavy atom. The molecule has 0 atom stereocenters. The van der Waals surface area contributed by atoms with E-state index in [1.54, 1.807) is 23.1 Å². The zero-order chi connectivity index (χ0) is 25.8. The molecule has 1 saturated heterocycles. The van der Waals surface area contributed by atoms with Crippen molar-refractivity contribution in [2.45, 2.75) is 27.2 Å². The van der Waals surface area contributed by atoms with Crippen LogP contribution < -0.4 is 15.0 Å². The summed E-state index contributed by atoms with van der Waals surface area (Å²) in [6.07, 6.45) is 2.73. The molecule has 2 amide bonds. The number of hydrogen-bond donors (Lipinski definition) is 1. The van der Waals surface area contributed by atoms with Gasteiger partial charge in [-0.25, -0.2) is 0 Å². The van der Waals surface area contributed by atoms with Gasteiger partial charge in [-0.1, -0.05) is 71.1 Å². The average Bonchev–Trinajstić information content (AvgIpc) is 3.12. The fraction of sp³-hybridized carbons (Fsp3) is 0.179. The number of anilines is 2. The monoisotopic (exact) mass is 580 g/mol. The maximum atomic E-state index is 13.1. The number of carbonyl (C=O) groups excluding carboxylic acids is 2. The van der Waals surface area contributed by atoms with Gasteiger partial charge in [0.15, 0.2) is 10.9 Å². The van der Waals surface area contributed by atoms with Gasteiger partial charge in [0.2, 0.25) is 0 Å². The molecule has 4 rings (SSSR count). The molecule has 0 aliphatic carbocycles. The molecule has 0 radical (unpaired) electrons. The van der Waals surface area contributed by atoms with Gasteiger partial charge in [-0.3, -0.25) is 14.5 Å². The van der Waals surface area contributed by atoms with Crippen LogP contribution in [0.4, 0.5) is 11.4 Å². The molecular weight excluding hydrogens is 556 g/mol. The zero-order valence-corrected chi connectivity index (χ0v) is 23.4. The second-order valence-corrected chi connectivity index (χ2v) is 11.0. The predicted molar refractivity (Wildman–Crippen MR) is 156 cm³/mol. The van der Waals surface area contributed by atoms with Gasteiger partial charge in [0.05, 0.1) is 10.6 Å². The normalized spacial score (nSPS) is 14.4. The molecule has 3 aromatic carbocycles. The number of carbonyl (C=O) groups is 2. The van der Waals surface area contributed by atoms with Crippen molar-refractivity contribution in [3.8, 4) is 5.75 Å². The largest absolute Gasteiger partial charge is 0.484 e. The van der Waals surface area contributed by atoms with E-state index in [2.05, 4.69) is 28.2 Å². The smallest absolute Gasteiger partial charge is 0.270 e. The minimum Gasteiger partial charge on any atom is -0.484 e. The lowest BCUT2D eigenvalue weighted by atomic mass is 10.1. The zero-order valence-electron chi connectivity index (χ0n) is 20.1. The van der Waals surface area contributed by atoms with Crippen molar-refractivity contribution < 1.29 is 14.3 Å². The third-order valence-corrected chi connectivity index (χ3v) is 7.44. The Bertz CT molecular complexity index is 1350. The Hall–Kier alpha value is -2.94. The molecule has 0 bridgehead atoms. The van der Waals surface area contributed by atoms with Crippen molar-refractivity contribution in [2.75, 3.05) is 16.8 Å². The number of thioether (sulfide) groups is 1. The second kappa shape index (κ2) is 11.4. The van der Waals surface area contributed by atoms with Gasteiger partial charge in [0.25, 0.3) is 11.8 Å².